The van der Waals surface area contributed by atoms with Crippen molar-refractivity contribution in [3.8, 4) is 0 Å². The number of amides is 3. The Balaban J connectivity index is 5.14. The van der Waals surface area contributed by atoms with Gasteiger partial charge in [-0.05, 0) is 6.42 Å². The minimum absolute atomic E-state index is 0.245. The highest BCUT2D eigenvalue weighted by Gasteiger charge is 2.31. The van der Waals surface area contributed by atoms with E-state index in [1.165, 1.54) is 0 Å². The highest BCUT2D eigenvalue weighted by Crippen LogP contribution is 2.00. The number of rotatable bonds is 14. The first-order valence-electron chi connectivity index (χ1n) is 8.47. The molecule has 0 radical (unpaired) electrons. The fraction of sp³-hybridized carbons (Fsp3) is 0.600. The number of carboxylic acids is 3. The fourth-order valence-electron chi connectivity index (χ4n) is 2.00. The van der Waals surface area contributed by atoms with Gasteiger partial charge in [-0.15, -0.1) is 0 Å². The summed E-state index contributed by atoms with van der Waals surface area (Å²) in [6, 6.07) is -6.09. The quantitative estimate of drug-likeness (QED) is 0.115. The topological polar surface area (TPSA) is 245 Å². The lowest BCUT2D eigenvalue weighted by atomic mass is 10.1. The first-order chi connectivity index (χ1) is 13.9. The van der Waals surface area contributed by atoms with Gasteiger partial charge in [-0.25, -0.2) is 4.79 Å². The maximum Gasteiger partial charge on any atom is 0.327 e. The van der Waals surface area contributed by atoms with Gasteiger partial charge in [-0.3, -0.25) is 24.0 Å². The molecule has 0 aliphatic rings. The van der Waals surface area contributed by atoms with E-state index < -0.39 is 79.2 Å². The molecule has 0 aromatic carbocycles. The molecule has 0 spiro atoms. The lowest BCUT2D eigenvalue weighted by molar-refractivity contribution is -0.143. The predicted octanol–water partition coefficient (Wildman–Crippen LogP) is -3.89. The summed E-state index contributed by atoms with van der Waals surface area (Å²) < 4.78 is 0. The van der Waals surface area contributed by atoms with Crippen LogP contribution in [0.3, 0.4) is 0 Å². The zero-order chi connectivity index (χ0) is 23.4. The van der Waals surface area contributed by atoms with E-state index in [1.54, 1.807) is 0 Å². The van der Waals surface area contributed by atoms with Crippen LogP contribution in [-0.4, -0.2) is 92.6 Å². The van der Waals surface area contributed by atoms with Crippen LogP contribution >= 0.6 is 12.6 Å². The van der Waals surface area contributed by atoms with Gasteiger partial charge < -0.3 is 42.1 Å². The highest BCUT2D eigenvalue weighted by atomic mass is 32.1. The van der Waals surface area contributed by atoms with Gasteiger partial charge in [-0.1, -0.05) is 0 Å². The molecular weight excluding hydrogens is 428 g/mol. The molecule has 0 saturated carbocycles. The molecule has 4 atom stereocenters. The molecule has 14 nitrogen and oxygen atoms in total. The van der Waals surface area contributed by atoms with Gasteiger partial charge in [0.2, 0.25) is 17.7 Å². The van der Waals surface area contributed by atoms with Crippen LogP contribution in [0.1, 0.15) is 19.3 Å². The van der Waals surface area contributed by atoms with Crippen molar-refractivity contribution in [3.63, 3.8) is 0 Å². The van der Waals surface area contributed by atoms with Crippen LogP contribution in [0.5, 0.6) is 0 Å². The smallest absolute Gasteiger partial charge is 0.327 e. The molecular formula is C15H24N4O10S. The predicted molar refractivity (Wildman–Crippen MR) is 101 cm³/mol. The van der Waals surface area contributed by atoms with Gasteiger partial charge >= 0.3 is 17.9 Å². The Hall–Kier alpha value is -2.91. The number of carbonyl (C=O) groups is 6. The van der Waals surface area contributed by atoms with Crippen LogP contribution in [0, 0.1) is 0 Å². The van der Waals surface area contributed by atoms with E-state index in [2.05, 4.69) is 17.9 Å². The van der Waals surface area contributed by atoms with Crippen molar-refractivity contribution in [2.75, 3.05) is 12.4 Å². The summed E-state index contributed by atoms with van der Waals surface area (Å²) in [5.41, 5.74) is 5.49. The minimum atomic E-state index is -1.72. The first kappa shape index (κ1) is 27.1. The zero-order valence-corrected chi connectivity index (χ0v) is 16.5. The third-order valence-electron chi connectivity index (χ3n) is 3.63. The van der Waals surface area contributed by atoms with Crippen LogP contribution in [0.15, 0.2) is 0 Å². The van der Waals surface area contributed by atoms with Crippen molar-refractivity contribution >= 4 is 48.3 Å². The van der Waals surface area contributed by atoms with Gasteiger partial charge in [-0.2, -0.15) is 12.6 Å². The standard InChI is InChI=1S/C15H24N4O10S/c16-6(1-2-10(21)22)12(25)18-8(4-20)14(27)17-7(3-11(23)24)13(26)19-9(5-30)15(28)29/h6-9,20,30H,1-5,16H2,(H,17,27)(H,18,25)(H,19,26)(H,21,22)(H,23,24)(H,28,29). The zero-order valence-electron chi connectivity index (χ0n) is 15.6. The summed E-state index contributed by atoms with van der Waals surface area (Å²) in [4.78, 5) is 68.8. The number of aliphatic carboxylic acids is 3. The van der Waals surface area contributed by atoms with Crippen LogP contribution in [-0.2, 0) is 28.8 Å². The third kappa shape index (κ3) is 10.0. The monoisotopic (exact) mass is 452 g/mol. The summed E-state index contributed by atoms with van der Waals surface area (Å²) in [6.45, 7) is -0.945. The second-order valence-corrected chi connectivity index (χ2v) is 6.39. The van der Waals surface area contributed by atoms with E-state index in [4.69, 9.17) is 21.1 Å². The number of aliphatic hydroxyl groups is 1. The van der Waals surface area contributed by atoms with Gasteiger partial charge in [0.15, 0.2) is 0 Å². The second kappa shape index (κ2) is 13.3. The Morgan fingerprint density at radius 3 is 1.73 bits per heavy atom. The Morgan fingerprint density at radius 2 is 1.30 bits per heavy atom. The maximum atomic E-state index is 12.3. The maximum absolute atomic E-state index is 12.3. The van der Waals surface area contributed by atoms with Gasteiger partial charge in [0.25, 0.3) is 0 Å². The van der Waals surface area contributed by atoms with E-state index >= 15 is 0 Å². The molecule has 3 amide bonds. The molecule has 0 fully saturated rings. The summed E-state index contributed by atoms with van der Waals surface area (Å²) in [5, 5.41) is 41.8. The molecule has 0 aromatic rings. The van der Waals surface area contributed by atoms with E-state index in [-0.39, 0.29) is 12.2 Å². The second-order valence-electron chi connectivity index (χ2n) is 6.02. The summed E-state index contributed by atoms with van der Waals surface area (Å²) in [5.74, 6) is -7.66. The van der Waals surface area contributed by atoms with E-state index in [0.717, 1.165) is 0 Å². The molecule has 15 heteroatoms. The lowest BCUT2D eigenvalue weighted by Gasteiger charge is -2.23. The molecule has 0 heterocycles. The molecule has 170 valence electrons. The number of thiol groups is 1. The first-order valence-corrected chi connectivity index (χ1v) is 9.10. The third-order valence-corrected chi connectivity index (χ3v) is 4.00. The van der Waals surface area contributed by atoms with Gasteiger partial charge in [0.05, 0.1) is 19.1 Å². The Bertz CT molecular complexity index is 674. The van der Waals surface area contributed by atoms with Crippen LogP contribution < -0.4 is 21.7 Å². The van der Waals surface area contributed by atoms with Crippen molar-refractivity contribution in [3.05, 3.63) is 0 Å². The average Bonchev–Trinajstić information content (AvgIpc) is 2.66. The van der Waals surface area contributed by atoms with Crippen LogP contribution in [0.4, 0.5) is 0 Å². The number of nitrogens with two attached hydrogens (primary N) is 1. The fourth-order valence-corrected chi connectivity index (χ4v) is 2.24. The van der Waals surface area contributed by atoms with Crippen LogP contribution in [0.2, 0.25) is 0 Å². The molecule has 0 bridgehead atoms. The van der Waals surface area contributed by atoms with E-state index in [1.807, 2.05) is 10.6 Å². The number of hydrogen-bond donors (Lipinski definition) is 9. The Kier molecular flexibility index (Phi) is 12.0. The van der Waals surface area contributed by atoms with Crippen LogP contribution in [0.25, 0.3) is 0 Å². The van der Waals surface area contributed by atoms with E-state index in [9.17, 15) is 33.9 Å². The number of nitrogens with one attached hydrogen (secondary N) is 3. The van der Waals surface area contributed by atoms with Crippen molar-refractivity contribution in [1.29, 1.82) is 0 Å². The SMILES string of the molecule is NC(CCC(=O)O)C(=O)NC(CO)C(=O)NC(CC(=O)O)C(=O)NC(CS)C(=O)O. The average molecular weight is 452 g/mol. The van der Waals surface area contributed by atoms with Gasteiger partial charge in [0, 0.05) is 12.2 Å². The number of carboxylic acid groups (broad SMARTS) is 3. The summed E-state index contributed by atoms with van der Waals surface area (Å²) >= 11 is 3.74. The lowest BCUT2D eigenvalue weighted by Crippen LogP contribution is -2.58. The molecule has 0 aliphatic carbocycles. The summed E-state index contributed by atoms with van der Waals surface area (Å²) in [6.07, 6.45) is -1.58. The van der Waals surface area contributed by atoms with E-state index in [0.29, 0.717) is 0 Å². The summed E-state index contributed by atoms with van der Waals surface area (Å²) in [7, 11) is 0. The van der Waals surface area contributed by atoms with Crippen molar-refractivity contribution in [1.82, 2.24) is 16.0 Å². The molecule has 0 aliphatic heterocycles. The normalized spacial score (nSPS) is 14.5. The Morgan fingerprint density at radius 1 is 0.800 bits per heavy atom. The van der Waals surface area contributed by atoms with Crippen molar-refractivity contribution < 1.29 is 49.2 Å². The number of carbonyl (C=O) groups excluding carboxylic acids is 3. The molecule has 30 heavy (non-hydrogen) atoms. The number of hydrogen-bond acceptors (Lipinski definition) is 9. The molecule has 0 saturated heterocycles. The molecule has 9 N–H and O–H groups in total. The molecule has 0 rings (SSSR count). The van der Waals surface area contributed by atoms with Gasteiger partial charge in [0.1, 0.15) is 18.1 Å². The van der Waals surface area contributed by atoms with Crippen molar-refractivity contribution in [2.45, 2.75) is 43.4 Å². The molecule has 0 aromatic heterocycles. The number of aliphatic hydroxyl groups excluding tert-OH is 1. The largest absolute Gasteiger partial charge is 0.481 e. The Labute approximate surface area is 175 Å². The van der Waals surface area contributed by atoms with Crippen molar-refractivity contribution in [2.24, 2.45) is 5.73 Å². The highest BCUT2D eigenvalue weighted by molar-refractivity contribution is 7.80. The molecule has 4 unspecified atom stereocenters. The minimum Gasteiger partial charge on any atom is -0.481 e.